The lowest BCUT2D eigenvalue weighted by atomic mass is 9.94. The molecule has 0 saturated carbocycles. The Balaban J connectivity index is 1.34. The molecule has 6 rings (SSSR count). The first kappa shape index (κ1) is 26.7. The molecule has 0 aromatic heterocycles. The van der Waals surface area contributed by atoms with E-state index in [1.165, 1.54) is 0 Å². The molecule has 204 valence electrons. The molecular formula is C38H32N4. The lowest BCUT2D eigenvalue weighted by Gasteiger charge is -2.19. The molecule has 0 radical (unpaired) electrons. The van der Waals surface area contributed by atoms with Gasteiger partial charge in [-0.05, 0) is 58.5 Å². The van der Waals surface area contributed by atoms with Gasteiger partial charge in [0.25, 0.3) is 0 Å². The molecule has 1 aliphatic rings. The van der Waals surface area contributed by atoms with E-state index < -0.39 is 0 Å². The molecule has 4 heteroatoms. The van der Waals surface area contributed by atoms with Crippen LogP contribution >= 0.6 is 0 Å². The van der Waals surface area contributed by atoms with Crippen LogP contribution in [-0.2, 0) is 6.54 Å². The monoisotopic (exact) mass is 544 g/mol. The van der Waals surface area contributed by atoms with Crippen molar-refractivity contribution in [3.63, 3.8) is 0 Å². The second-order valence-corrected chi connectivity index (χ2v) is 10.2. The Bertz CT molecular complexity index is 1830. The van der Waals surface area contributed by atoms with E-state index in [2.05, 4.69) is 107 Å². The minimum absolute atomic E-state index is 0.569. The zero-order valence-corrected chi connectivity index (χ0v) is 23.5. The summed E-state index contributed by atoms with van der Waals surface area (Å²) in [5.74, 6) is 0.818. The quantitative estimate of drug-likeness (QED) is 0.152. The Labute approximate surface area is 247 Å². The summed E-state index contributed by atoms with van der Waals surface area (Å²) in [4.78, 5) is 9.47. The van der Waals surface area contributed by atoms with Crippen molar-refractivity contribution in [2.24, 2.45) is 15.7 Å². The number of nitrogens with zero attached hydrogens (tertiary/aromatic N) is 2. The number of hydrogen-bond acceptors (Lipinski definition) is 3. The Morgan fingerprint density at radius 3 is 2.12 bits per heavy atom. The summed E-state index contributed by atoms with van der Waals surface area (Å²) in [6.45, 7) is 2.61. The van der Waals surface area contributed by atoms with Gasteiger partial charge in [-0.15, -0.1) is 0 Å². The van der Waals surface area contributed by atoms with Gasteiger partial charge in [0, 0.05) is 40.5 Å². The van der Waals surface area contributed by atoms with Gasteiger partial charge in [0.05, 0.1) is 6.54 Å². The molecule has 0 unspecified atom stereocenters. The third-order valence-corrected chi connectivity index (χ3v) is 7.40. The standard InChI is InChI=1S/C38H32N4/c1-27-37(26-40-27)34-20-8-9-21-35(34)38(41-25-28-12-4-2-5-13-28)42-33-19-11-17-31(23-33)30-16-10-18-32(22-30)36(24-39)29-14-6-3-7-15-29/h2-24,26H,25,39H2,1H3,(H,41,42)/b36-24+. The summed E-state index contributed by atoms with van der Waals surface area (Å²) in [6, 6.07) is 45.9. The van der Waals surface area contributed by atoms with E-state index in [0.717, 1.165) is 67.3 Å². The summed E-state index contributed by atoms with van der Waals surface area (Å²) in [5.41, 5.74) is 17.9. The summed E-state index contributed by atoms with van der Waals surface area (Å²) < 4.78 is 0. The summed E-state index contributed by atoms with van der Waals surface area (Å²) in [5, 5.41) is 3.66. The van der Waals surface area contributed by atoms with Crippen LogP contribution in [0.4, 0.5) is 5.69 Å². The van der Waals surface area contributed by atoms with Crippen LogP contribution in [-0.4, -0.2) is 11.5 Å². The van der Waals surface area contributed by atoms with Crippen LogP contribution in [0.5, 0.6) is 0 Å². The van der Waals surface area contributed by atoms with Crippen LogP contribution in [0, 0.1) is 0 Å². The number of hydrogen-bond donors (Lipinski definition) is 2. The molecule has 42 heavy (non-hydrogen) atoms. The average molecular weight is 545 g/mol. The Kier molecular flexibility index (Phi) is 7.87. The van der Waals surface area contributed by atoms with Crippen LogP contribution in [0.2, 0.25) is 0 Å². The molecule has 0 saturated heterocycles. The van der Waals surface area contributed by atoms with E-state index in [9.17, 15) is 0 Å². The van der Waals surface area contributed by atoms with Crippen molar-refractivity contribution >= 4 is 28.4 Å². The van der Waals surface area contributed by atoms with Crippen LogP contribution < -0.4 is 11.1 Å². The number of amidine groups is 1. The van der Waals surface area contributed by atoms with Crippen molar-refractivity contribution in [1.82, 2.24) is 0 Å². The number of rotatable bonds is 8. The van der Waals surface area contributed by atoms with Gasteiger partial charge in [0.2, 0.25) is 0 Å². The van der Waals surface area contributed by atoms with Crippen molar-refractivity contribution in [2.75, 3.05) is 5.32 Å². The molecule has 0 atom stereocenters. The second-order valence-electron chi connectivity index (χ2n) is 10.2. The molecule has 1 heterocycles. The molecule has 4 nitrogen and oxygen atoms in total. The third kappa shape index (κ3) is 5.84. The van der Waals surface area contributed by atoms with E-state index in [4.69, 9.17) is 10.7 Å². The maximum absolute atomic E-state index is 6.09. The fraction of sp³-hybridized carbons (Fsp3) is 0.0526. The summed E-state index contributed by atoms with van der Waals surface area (Å²) >= 11 is 0. The molecule has 3 N–H and O–H groups in total. The van der Waals surface area contributed by atoms with E-state index in [1.54, 1.807) is 6.20 Å². The fourth-order valence-electron chi connectivity index (χ4n) is 5.15. The average Bonchev–Trinajstić information content (AvgIpc) is 3.04. The molecule has 0 spiro atoms. The molecule has 0 fully saturated rings. The first-order valence-electron chi connectivity index (χ1n) is 14.1. The van der Waals surface area contributed by atoms with Gasteiger partial charge < -0.3 is 11.1 Å². The Hall–Kier alpha value is -5.48. The zero-order valence-electron chi connectivity index (χ0n) is 23.5. The third-order valence-electron chi connectivity index (χ3n) is 7.40. The first-order chi connectivity index (χ1) is 20.7. The highest BCUT2D eigenvalue weighted by atomic mass is 15.0. The molecular weight excluding hydrogens is 512 g/mol. The predicted molar refractivity (Wildman–Crippen MR) is 177 cm³/mol. The molecule has 5 aromatic rings. The normalized spacial score (nSPS) is 13.2. The maximum atomic E-state index is 6.09. The topological polar surface area (TPSA) is 62.8 Å². The predicted octanol–water partition coefficient (Wildman–Crippen LogP) is 8.58. The second kappa shape index (κ2) is 12.4. The largest absolute Gasteiger partial charge is 0.404 e. The molecule has 1 aliphatic heterocycles. The van der Waals surface area contributed by atoms with Gasteiger partial charge >= 0.3 is 0 Å². The van der Waals surface area contributed by atoms with Crippen molar-refractivity contribution in [1.29, 1.82) is 0 Å². The van der Waals surface area contributed by atoms with Gasteiger partial charge in [-0.25, -0.2) is 0 Å². The summed E-state index contributed by atoms with van der Waals surface area (Å²) in [6.07, 6.45) is 3.61. The van der Waals surface area contributed by atoms with Crippen molar-refractivity contribution in [3.8, 4) is 11.1 Å². The van der Waals surface area contributed by atoms with Crippen LogP contribution in [0.25, 0.3) is 22.3 Å². The van der Waals surface area contributed by atoms with Crippen molar-refractivity contribution in [3.05, 3.63) is 174 Å². The van der Waals surface area contributed by atoms with Crippen molar-refractivity contribution in [2.45, 2.75) is 13.5 Å². The molecule has 5 aromatic carbocycles. The zero-order chi connectivity index (χ0) is 28.7. The smallest absolute Gasteiger partial charge is 0.133 e. The van der Waals surface area contributed by atoms with Gasteiger partial charge in [-0.2, -0.15) is 0 Å². The highest BCUT2D eigenvalue weighted by molar-refractivity contribution is 6.29. The van der Waals surface area contributed by atoms with E-state index >= 15 is 0 Å². The van der Waals surface area contributed by atoms with E-state index in [1.807, 2.05) is 49.5 Å². The van der Waals surface area contributed by atoms with Gasteiger partial charge in [0.15, 0.2) is 0 Å². The molecule has 0 amide bonds. The Morgan fingerprint density at radius 1 is 0.738 bits per heavy atom. The van der Waals surface area contributed by atoms with Crippen LogP contribution in [0.15, 0.2) is 156 Å². The molecule has 0 aliphatic carbocycles. The van der Waals surface area contributed by atoms with Gasteiger partial charge in [0.1, 0.15) is 5.84 Å². The number of anilines is 1. The number of benzene rings is 5. The van der Waals surface area contributed by atoms with Gasteiger partial charge in [-0.3, -0.25) is 9.98 Å². The summed E-state index contributed by atoms with van der Waals surface area (Å²) in [7, 11) is 0. The van der Waals surface area contributed by atoms with Crippen LogP contribution in [0.3, 0.4) is 0 Å². The van der Waals surface area contributed by atoms with Crippen LogP contribution in [0.1, 0.15) is 34.7 Å². The minimum Gasteiger partial charge on any atom is -0.404 e. The maximum Gasteiger partial charge on any atom is 0.133 e. The Morgan fingerprint density at radius 2 is 1.40 bits per heavy atom. The number of allylic oxidation sites excluding steroid dienone is 1. The lowest BCUT2D eigenvalue weighted by molar-refractivity contribution is 1.07. The number of aliphatic imine (C=N–C) groups is 2. The van der Waals surface area contributed by atoms with E-state index in [0.29, 0.717) is 6.54 Å². The SMILES string of the molecule is CC1=NC=C1c1ccccc1C(=NCc1ccccc1)Nc1cccc(-c2cccc(/C(=C/N)c3ccccc3)c2)c1. The highest BCUT2D eigenvalue weighted by Crippen LogP contribution is 2.30. The number of nitrogens with two attached hydrogens (primary N) is 1. The van der Waals surface area contributed by atoms with Gasteiger partial charge in [-0.1, -0.05) is 115 Å². The van der Waals surface area contributed by atoms with E-state index in [-0.39, 0.29) is 0 Å². The molecule has 0 bridgehead atoms. The number of nitrogens with one attached hydrogen (secondary N) is 1. The minimum atomic E-state index is 0.569. The van der Waals surface area contributed by atoms with Crippen molar-refractivity contribution < 1.29 is 0 Å². The highest BCUT2D eigenvalue weighted by Gasteiger charge is 2.18. The fourth-order valence-corrected chi connectivity index (χ4v) is 5.15. The lowest BCUT2D eigenvalue weighted by Crippen LogP contribution is -2.18. The first-order valence-corrected chi connectivity index (χ1v) is 14.1.